The first-order valence-corrected chi connectivity index (χ1v) is 4.17. The van der Waals surface area contributed by atoms with E-state index in [1.165, 1.54) is 6.07 Å². The molecule has 0 aromatic heterocycles. The maximum absolute atomic E-state index is 10.8. The zero-order chi connectivity index (χ0) is 13.7. The number of hydrogen-bond acceptors (Lipinski definition) is 2. The standard InChI is InChI=1S/C6H7NO.C3H2F6/c7-5-2-1-3-6(8)4-5;4-2(5,6)1-3(7,8)9/h1-4,8H,7H2;1H2. The number of hydrogen-bond donors (Lipinski definition) is 2. The van der Waals surface area contributed by atoms with Crippen molar-refractivity contribution in [3.8, 4) is 5.75 Å². The Morgan fingerprint density at radius 1 is 1.00 bits per heavy atom. The fourth-order valence-corrected chi connectivity index (χ4v) is 0.752. The summed E-state index contributed by atoms with van der Waals surface area (Å²) in [6.07, 6.45) is -13.0. The highest BCUT2D eigenvalue weighted by atomic mass is 19.4. The number of nitrogens with two attached hydrogens (primary N) is 1. The lowest BCUT2D eigenvalue weighted by molar-refractivity contribution is -0.232. The van der Waals surface area contributed by atoms with Gasteiger partial charge in [-0.05, 0) is 12.1 Å². The summed E-state index contributed by atoms with van der Waals surface area (Å²) >= 11 is 0. The summed E-state index contributed by atoms with van der Waals surface area (Å²) in [4.78, 5) is 0. The van der Waals surface area contributed by atoms with Gasteiger partial charge in [-0.3, -0.25) is 0 Å². The minimum atomic E-state index is -5.14. The van der Waals surface area contributed by atoms with Gasteiger partial charge in [0, 0.05) is 11.8 Å². The van der Waals surface area contributed by atoms with Gasteiger partial charge in [0.05, 0.1) is 0 Å². The molecule has 8 heteroatoms. The van der Waals surface area contributed by atoms with Crippen LogP contribution in [0.25, 0.3) is 0 Å². The van der Waals surface area contributed by atoms with Crippen molar-refractivity contribution in [3.63, 3.8) is 0 Å². The highest BCUT2D eigenvalue weighted by molar-refractivity contribution is 5.42. The molecule has 1 aromatic carbocycles. The first kappa shape index (κ1) is 15.4. The molecular weight excluding hydrogens is 252 g/mol. The molecule has 0 fully saturated rings. The fourth-order valence-electron chi connectivity index (χ4n) is 0.752. The first-order chi connectivity index (χ1) is 7.49. The maximum Gasteiger partial charge on any atom is 0.397 e. The molecule has 1 aromatic rings. The molecule has 0 saturated carbocycles. The quantitative estimate of drug-likeness (QED) is 0.554. The largest absolute Gasteiger partial charge is 0.508 e. The number of halogens is 6. The predicted octanol–water partition coefficient (Wildman–Crippen LogP) is 3.48. The Hall–Kier alpha value is -1.60. The Balaban J connectivity index is 0.000000302. The normalized spacial score (nSPS) is 11.6. The van der Waals surface area contributed by atoms with Gasteiger partial charge in [0.25, 0.3) is 0 Å². The van der Waals surface area contributed by atoms with E-state index < -0.39 is 18.8 Å². The predicted molar refractivity (Wildman–Crippen MR) is 49.2 cm³/mol. The molecule has 0 aliphatic rings. The van der Waals surface area contributed by atoms with Crippen molar-refractivity contribution in [1.82, 2.24) is 0 Å². The van der Waals surface area contributed by atoms with Crippen LogP contribution in [0.15, 0.2) is 24.3 Å². The van der Waals surface area contributed by atoms with Crippen molar-refractivity contribution in [2.24, 2.45) is 0 Å². The second-order valence-corrected chi connectivity index (χ2v) is 3.00. The van der Waals surface area contributed by atoms with E-state index in [0.29, 0.717) is 5.69 Å². The average Bonchev–Trinajstić information content (AvgIpc) is 1.96. The molecule has 0 bridgehead atoms. The Morgan fingerprint density at radius 2 is 1.47 bits per heavy atom. The van der Waals surface area contributed by atoms with Crippen LogP contribution in [-0.2, 0) is 0 Å². The van der Waals surface area contributed by atoms with Crippen LogP contribution in [0, 0.1) is 0 Å². The number of rotatable bonds is 0. The van der Waals surface area contributed by atoms with E-state index in [1.54, 1.807) is 18.2 Å². The van der Waals surface area contributed by atoms with Crippen LogP contribution in [0.1, 0.15) is 6.42 Å². The Kier molecular flexibility index (Phi) is 5.11. The zero-order valence-electron chi connectivity index (χ0n) is 8.31. The summed E-state index contributed by atoms with van der Waals surface area (Å²) in [5, 5.41) is 8.73. The first-order valence-electron chi connectivity index (χ1n) is 4.17. The number of benzene rings is 1. The van der Waals surface area contributed by atoms with E-state index in [1.807, 2.05) is 0 Å². The number of phenolic OH excluding ortho intramolecular Hbond substituents is 1. The third-order valence-corrected chi connectivity index (χ3v) is 1.27. The lowest BCUT2D eigenvalue weighted by Crippen LogP contribution is -2.20. The number of aromatic hydroxyl groups is 1. The Morgan fingerprint density at radius 3 is 1.65 bits per heavy atom. The highest BCUT2D eigenvalue weighted by Crippen LogP contribution is 2.31. The average molecular weight is 261 g/mol. The van der Waals surface area contributed by atoms with Gasteiger partial charge >= 0.3 is 12.4 Å². The number of nitrogen functional groups attached to an aromatic ring is 1. The van der Waals surface area contributed by atoms with E-state index in [0.717, 1.165) is 0 Å². The summed E-state index contributed by atoms with van der Waals surface area (Å²) in [7, 11) is 0. The van der Waals surface area contributed by atoms with Crippen molar-refractivity contribution >= 4 is 5.69 Å². The maximum atomic E-state index is 10.8. The van der Waals surface area contributed by atoms with Crippen molar-refractivity contribution in [1.29, 1.82) is 0 Å². The van der Waals surface area contributed by atoms with Gasteiger partial charge in [-0.1, -0.05) is 6.07 Å². The topological polar surface area (TPSA) is 46.2 Å². The molecular formula is C9H9F6NO. The van der Waals surface area contributed by atoms with Crippen molar-refractivity contribution in [3.05, 3.63) is 24.3 Å². The van der Waals surface area contributed by atoms with Crippen molar-refractivity contribution < 1.29 is 31.4 Å². The van der Waals surface area contributed by atoms with Gasteiger partial charge in [-0.15, -0.1) is 0 Å². The number of alkyl halides is 6. The van der Waals surface area contributed by atoms with Crippen molar-refractivity contribution in [2.45, 2.75) is 18.8 Å². The molecule has 0 aliphatic heterocycles. The Bertz CT molecular complexity index is 317. The van der Waals surface area contributed by atoms with Crippen LogP contribution in [0.4, 0.5) is 32.0 Å². The van der Waals surface area contributed by atoms with E-state index >= 15 is 0 Å². The number of anilines is 1. The van der Waals surface area contributed by atoms with Gasteiger partial charge in [-0.25, -0.2) is 0 Å². The summed E-state index contributed by atoms with van der Waals surface area (Å²) in [6, 6.07) is 6.50. The zero-order valence-corrected chi connectivity index (χ0v) is 8.31. The van der Waals surface area contributed by atoms with Crippen LogP contribution >= 0.6 is 0 Å². The molecule has 0 aliphatic carbocycles. The second kappa shape index (κ2) is 5.65. The van der Waals surface area contributed by atoms with Gasteiger partial charge in [0.1, 0.15) is 12.2 Å². The number of phenols is 1. The van der Waals surface area contributed by atoms with Gasteiger partial charge in [-0.2, -0.15) is 26.3 Å². The third-order valence-electron chi connectivity index (χ3n) is 1.27. The van der Waals surface area contributed by atoms with E-state index in [4.69, 9.17) is 10.8 Å². The molecule has 98 valence electrons. The van der Waals surface area contributed by atoms with Gasteiger partial charge < -0.3 is 10.8 Å². The van der Waals surface area contributed by atoms with Crippen LogP contribution in [0.5, 0.6) is 5.75 Å². The minimum Gasteiger partial charge on any atom is -0.508 e. The Labute approximate surface area is 92.7 Å². The molecule has 0 unspecified atom stereocenters. The monoisotopic (exact) mass is 261 g/mol. The third kappa shape index (κ3) is 10.7. The van der Waals surface area contributed by atoms with Crippen molar-refractivity contribution in [2.75, 3.05) is 5.73 Å². The molecule has 0 saturated heterocycles. The molecule has 3 N–H and O–H groups in total. The molecule has 2 nitrogen and oxygen atoms in total. The van der Waals surface area contributed by atoms with Crippen LogP contribution in [0.3, 0.4) is 0 Å². The summed E-state index contributed by atoms with van der Waals surface area (Å²) in [5.41, 5.74) is 5.89. The van der Waals surface area contributed by atoms with E-state index in [2.05, 4.69) is 0 Å². The van der Waals surface area contributed by atoms with Gasteiger partial charge in [0.15, 0.2) is 0 Å². The SMILES string of the molecule is FC(F)(F)CC(F)(F)F.Nc1cccc(O)c1. The molecule has 17 heavy (non-hydrogen) atoms. The van der Waals surface area contributed by atoms with Crippen LogP contribution in [-0.4, -0.2) is 17.5 Å². The summed E-state index contributed by atoms with van der Waals surface area (Å²) < 4.78 is 65.0. The molecule has 0 heterocycles. The van der Waals surface area contributed by atoms with E-state index in [9.17, 15) is 26.3 Å². The van der Waals surface area contributed by atoms with Gasteiger partial charge in [0.2, 0.25) is 0 Å². The minimum absolute atomic E-state index is 0.213. The summed E-state index contributed by atoms with van der Waals surface area (Å²) in [6.45, 7) is 0. The lowest BCUT2D eigenvalue weighted by Gasteiger charge is -2.08. The van der Waals surface area contributed by atoms with E-state index in [-0.39, 0.29) is 5.75 Å². The van der Waals surface area contributed by atoms with Crippen LogP contribution in [0.2, 0.25) is 0 Å². The molecule has 0 radical (unpaired) electrons. The second-order valence-electron chi connectivity index (χ2n) is 3.00. The highest BCUT2D eigenvalue weighted by Gasteiger charge is 2.43. The van der Waals surface area contributed by atoms with Crippen LogP contribution < -0.4 is 5.73 Å². The summed E-state index contributed by atoms with van der Waals surface area (Å²) in [5.74, 6) is 0.213. The lowest BCUT2D eigenvalue weighted by atomic mass is 10.3. The molecule has 0 atom stereocenters. The smallest absolute Gasteiger partial charge is 0.397 e. The molecule has 0 amide bonds. The molecule has 1 rings (SSSR count). The molecule has 0 spiro atoms. The fraction of sp³-hybridized carbons (Fsp3) is 0.333.